The van der Waals surface area contributed by atoms with Crippen molar-refractivity contribution in [1.29, 1.82) is 0 Å². The average molecular weight is 470 g/mol. The summed E-state index contributed by atoms with van der Waals surface area (Å²) in [6.45, 7) is 4.51. The number of halogens is 1. The van der Waals surface area contributed by atoms with Gasteiger partial charge in [0, 0.05) is 57.6 Å². The van der Waals surface area contributed by atoms with E-state index in [0.29, 0.717) is 0 Å². The van der Waals surface area contributed by atoms with E-state index in [1.54, 1.807) is 6.20 Å². The van der Waals surface area contributed by atoms with Crippen molar-refractivity contribution in [2.45, 2.75) is 45.1 Å². The monoisotopic (exact) mass is 470 g/mol. The van der Waals surface area contributed by atoms with Gasteiger partial charge in [0.1, 0.15) is 5.82 Å². The number of likely N-dealkylation sites (tertiary alicyclic amines) is 1. The third kappa shape index (κ3) is 5.22. The van der Waals surface area contributed by atoms with Crippen molar-refractivity contribution < 1.29 is 41.9 Å². The van der Waals surface area contributed by atoms with Gasteiger partial charge in [-0.25, -0.2) is 4.39 Å². The van der Waals surface area contributed by atoms with Crippen molar-refractivity contribution in [3.63, 3.8) is 0 Å². The first-order chi connectivity index (χ1) is 13.6. The van der Waals surface area contributed by atoms with E-state index in [-0.39, 0.29) is 50.5 Å². The fraction of sp³-hybridized carbons (Fsp3) is 0.455. The van der Waals surface area contributed by atoms with Crippen LogP contribution in [0, 0.1) is 12.7 Å². The molecule has 0 spiro atoms. The number of benzene rings is 1. The van der Waals surface area contributed by atoms with Gasteiger partial charge in [-0.05, 0) is 56.3 Å². The van der Waals surface area contributed by atoms with Crippen LogP contribution in [-0.2, 0) is 37.5 Å². The molecular formula is C22H26FN4OY-. The normalized spacial score (nSPS) is 19.7. The Kier molecular flexibility index (Phi) is 7.77. The molecule has 2 saturated heterocycles. The first kappa shape index (κ1) is 22.3. The van der Waals surface area contributed by atoms with Gasteiger partial charge < -0.3 is 15.3 Å². The molecule has 5 nitrogen and oxygen atoms in total. The number of rotatable bonds is 4. The van der Waals surface area contributed by atoms with Crippen molar-refractivity contribution in [3.05, 3.63) is 53.5 Å². The molecule has 2 aliphatic rings. The Morgan fingerprint density at radius 1 is 1.10 bits per heavy atom. The van der Waals surface area contributed by atoms with Gasteiger partial charge in [-0.15, -0.1) is 5.69 Å². The van der Waals surface area contributed by atoms with Gasteiger partial charge in [0.15, 0.2) is 0 Å². The van der Waals surface area contributed by atoms with Crippen LogP contribution in [0.1, 0.15) is 37.7 Å². The van der Waals surface area contributed by atoms with Crippen LogP contribution in [-0.4, -0.2) is 46.5 Å². The summed E-state index contributed by atoms with van der Waals surface area (Å²) in [5.74, 6) is -0.144. The Labute approximate surface area is 196 Å². The van der Waals surface area contributed by atoms with Gasteiger partial charge in [0.25, 0.3) is 0 Å². The quantitative estimate of drug-likeness (QED) is 0.657. The van der Waals surface area contributed by atoms with Crippen molar-refractivity contribution in [2.75, 3.05) is 19.6 Å². The van der Waals surface area contributed by atoms with Crippen molar-refractivity contribution >= 4 is 11.6 Å². The van der Waals surface area contributed by atoms with E-state index in [1.165, 1.54) is 12.3 Å². The first-order valence-corrected chi connectivity index (χ1v) is 10.1. The van der Waals surface area contributed by atoms with Gasteiger partial charge in [-0.3, -0.25) is 9.78 Å². The third-order valence-corrected chi connectivity index (χ3v) is 5.66. The summed E-state index contributed by atoms with van der Waals surface area (Å²) in [6.07, 6.45) is 8.01. The summed E-state index contributed by atoms with van der Waals surface area (Å²) in [5.41, 5.74) is 8.28. The predicted octanol–water partition coefficient (Wildman–Crippen LogP) is 4.59. The van der Waals surface area contributed by atoms with Gasteiger partial charge >= 0.3 is 0 Å². The van der Waals surface area contributed by atoms with Crippen LogP contribution in [0.25, 0.3) is 16.6 Å². The molecule has 2 aromatic rings. The number of aromatic nitrogens is 1. The fourth-order valence-corrected chi connectivity index (χ4v) is 4.13. The topological polar surface area (TPSA) is 50.5 Å². The Morgan fingerprint density at radius 2 is 1.86 bits per heavy atom. The second-order valence-electron chi connectivity index (χ2n) is 7.70. The van der Waals surface area contributed by atoms with Crippen LogP contribution in [0.3, 0.4) is 0 Å². The molecule has 4 rings (SSSR count). The first-order valence-electron chi connectivity index (χ1n) is 10.1. The summed E-state index contributed by atoms with van der Waals surface area (Å²) in [5, 5.41) is 1.96. The standard InChI is InChI=1S/C22H26FN4O.Y/c1-16-7-8-19(13-20(16)17-12-18(23)15-24-14-17)25-27-11-3-2-6-21(27)22(28)26-9-4-5-10-26;/h7-8,12-15,21H,2-6,9-11H2,1H3;/q-1;. The molecule has 2 fully saturated rings. The zero-order chi connectivity index (χ0) is 19.5. The maximum absolute atomic E-state index is 13.6. The summed E-state index contributed by atoms with van der Waals surface area (Å²) >= 11 is 0. The van der Waals surface area contributed by atoms with E-state index in [2.05, 4.69) is 4.98 Å². The summed E-state index contributed by atoms with van der Waals surface area (Å²) in [4.78, 5) is 18.9. The van der Waals surface area contributed by atoms with E-state index < -0.39 is 0 Å². The summed E-state index contributed by atoms with van der Waals surface area (Å²) in [7, 11) is 0. The molecule has 1 aromatic carbocycles. The number of aryl methyl sites for hydroxylation is 1. The molecule has 7 heteroatoms. The number of hydrogen-bond acceptors (Lipinski definition) is 3. The summed E-state index contributed by atoms with van der Waals surface area (Å²) in [6, 6.07) is 7.21. The maximum atomic E-state index is 13.6. The number of nitrogens with zero attached hydrogens (tertiary/aromatic N) is 4. The second kappa shape index (κ2) is 10.1. The molecule has 0 aliphatic carbocycles. The Bertz CT molecular complexity index is 856. The van der Waals surface area contributed by atoms with Crippen LogP contribution in [0.4, 0.5) is 10.1 Å². The third-order valence-electron chi connectivity index (χ3n) is 5.66. The van der Waals surface area contributed by atoms with Gasteiger partial charge in [-0.2, -0.15) is 0 Å². The molecule has 3 heterocycles. The molecule has 29 heavy (non-hydrogen) atoms. The number of amides is 1. The minimum absolute atomic E-state index is 0. The Hall–Kier alpha value is -1.37. The van der Waals surface area contributed by atoms with Gasteiger partial charge in [-0.1, -0.05) is 24.6 Å². The number of pyridine rings is 1. The number of piperidine rings is 1. The molecule has 1 aromatic heterocycles. The summed E-state index contributed by atoms with van der Waals surface area (Å²) < 4.78 is 13.6. The van der Waals surface area contributed by atoms with E-state index in [1.807, 2.05) is 35.0 Å². The van der Waals surface area contributed by atoms with Crippen LogP contribution < -0.4 is 0 Å². The van der Waals surface area contributed by atoms with Crippen molar-refractivity contribution in [2.24, 2.45) is 0 Å². The largest absolute Gasteiger partial charge is 0.619 e. The minimum Gasteiger partial charge on any atom is -0.619 e. The minimum atomic E-state index is -0.355. The number of hydrogen-bond donors (Lipinski definition) is 0. The van der Waals surface area contributed by atoms with E-state index >= 15 is 0 Å². The number of carbonyl (C=O) groups excluding carboxylic acids is 1. The molecule has 0 N–H and O–H groups in total. The predicted molar refractivity (Wildman–Crippen MR) is 108 cm³/mol. The van der Waals surface area contributed by atoms with E-state index in [0.717, 1.165) is 74.1 Å². The van der Waals surface area contributed by atoms with E-state index in [9.17, 15) is 9.18 Å². The Morgan fingerprint density at radius 3 is 2.62 bits per heavy atom. The average Bonchev–Trinajstić information content (AvgIpc) is 3.24. The molecule has 1 atom stereocenters. The van der Waals surface area contributed by atoms with Crippen LogP contribution in [0.5, 0.6) is 0 Å². The number of carbonyl (C=O) groups is 1. The van der Waals surface area contributed by atoms with Gasteiger partial charge in [0.05, 0.1) is 12.2 Å². The molecule has 1 unspecified atom stereocenters. The van der Waals surface area contributed by atoms with E-state index in [4.69, 9.17) is 5.43 Å². The van der Waals surface area contributed by atoms with Crippen molar-refractivity contribution in [3.8, 4) is 11.1 Å². The smallest absolute Gasteiger partial charge is 0.238 e. The van der Waals surface area contributed by atoms with Crippen molar-refractivity contribution in [1.82, 2.24) is 14.9 Å². The molecule has 1 amide bonds. The zero-order valence-corrected chi connectivity index (χ0v) is 19.7. The molecule has 2 aliphatic heterocycles. The SMILES string of the molecule is Cc1ccc([N-]N2CCCCC2C(=O)N2CCCC2)cc1-c1cncc(F)c1.[Y]. The van der Waals surface area contributed by atoms with Crippen LogP contribution in [0.15, 0.2) is 36.7 Å². The molecule has 151 valence electrons. The zero-order valence-electron chi connectivity index (χ0n) is 16.9. The Balaban J connectivity index is 0.00000240. The van der Waals surface area contributed by atoms with Crippen LogP contribution >= 0.6 is 0 Å². The van der Waals surface area contributed by atoms with Crippen LogP contribution in [0.2, 0.25) is 0 Å². The second-order valence-corrected chi connectivity index (χ2v) is 7.70. The molecule has 1 radical (unpaired) electrons. The fourth-order valence-electron chi connectivity index (χ4n) is 4.13. The molecule has 0 saturated carbocycles. The van der Waals surface area contributed by atoms with Gasteiger partial charge in [0.2, 0.25) is 5.91 Å². The molecular weight excluding hydrogens is 444 g/mol. The maximum Gasteiger partial charge on any atom is 0.238 e. The molecule has 0 bridgehead atoms.